The predicted molar refractivity (Wildman–Crippen MR) is 64.2 cm³/mol. The summed E-state index contributed by atoms with van der Waals surface area (Å²) < 4.78 is 4.76. The van der Waals surface area contributed by atoms with Gasteiger partial charge in [0, 0.05) is 6.54 Å². The molecule has 0 atom stereocenters. The summed E-state index contributed by atoms with van der Waals surface area (Å²) in [4.78, 5) is 11.2. The normalized spacial score (nSPS) is 9.00. The maximum atomic E-state index is 11.2. The Morgan fingerprint density at radius 3 is 2.78 bits per heavy atom. The van der Waals surface area contributed by atoms with Gasteiger partial charge in [0.05, 0.1) is 25.0 Å². The molecule has 0 fully saturated rings. The first-order chi connectivity index (χ1) is 8.76. The molecule has 1 amide bonds. The van der Waals surface area contributed by atoms with E-state index >= 15 is 0 Å². The third-order valence-corrected chi connectivity index (χ3v) is 2.16. The molecular formula is C13H13N3O2. The van der Waals surface area contributed by atoms with E-state index in [9.17, 15) is 4.79 Å². The van der Waals surface area contributed by atoms with Crippen molar-refractivity contribution in [2.45, 2.75) is 19.4 Å². The molecule has 92 valence electrons. The van der Waals surface area contributed by atoms with E-state index in [2.05, 4.69) is 11.4 Å². The number of amides is 1. The van der Waals surface area contributed by atoms with Gasteiger partial charge >= 0.3 is 6.09 Å². The van der Waals surface area contributed by atoms with E-state index in [1.165, 1.54) is 0 Å². The van der Waals surface area contributed by atoms with E-state index in [4.69, 9.17) is 15.3 Å². The number of nitrogens with zero attached hydrogens (tertiary/aromatic N) is 2. The fourth-order valence-electron chi connectivity index (χ4n) is 1.36. The largest absolute Gasteiger partial charge is 0.448 e. The molecule has 0 heterocycles. The van der Waals surface area contributed by atoms with Gasteiger partial charge in [0.25, 0.3) is 0 Å². The molecule has 18 heavy (non-hydrogen) atoms. The Labute approximate surface area is 106 Å². The third kappa shape index (κ3) is 5.00. The van der Waals surface area contributed by atoms with Crippen LogP contribution in [0.3, 0.4) is 0 Å². The van der Waals surface area contributed by atoms with E-state index < -0.39 is 6.09 Å². The predicted octanol–water partition coefficient (Wildman–Crippen LogP) is 1.89. The maximum Gasteiger partial charge on any atom is 0.407 e. The summed E-state index contributed by atoms with van der Waals surface area (Å²) in [5, 5.41) is 19.4. The molecule has 0 saturated heterocycles. The second-order valence-corrected chi connectivity index (χ2v) is 3.55. The quantitative estimate of drug-likeness (QED) is 0.800. The van der Waals surface area contributed by atoms with Gasteiger partial charge < -0.3 is 10.1 Å². The monoisotopic (exact) mass is 243 g/mol. The van der Waals surface area contributed by atoms with Crippen molar-refractivity contribution in [2.75, 3.05) is 6.61 Å². The lowest BCUT2D eigenvalue weighted by atomic mass is 10.1. The summed E-state index contributed by atoms with van der Waals surface area (Å²) in [6, 6.07) is 11.4. The molecule has 5 heteroatoms. The third-order valence-electron chi connectivity index (χ3n) is 2.16. The number of nitrogens with one attached hydrogen (secondary N) is 1. The summed E-state index contributed by atoms with van der Waals surface area (Å²) in [6.07, 6.45) is -0.0122. The number of nitriles is 2. The number of benzene rings is 1. The molecule has 1 rings (SSSR count). The molecule has 0 aliphatic carbocycles. The second-order valence-electron chi connectivity index (χ2n) is 3.55. The van der Waals surface area contributed by atoms with Gasteiger partial charge in [-0.1, -0.05) is 24.3 Å². The molecule has 0 aliphatic heterocycles. The molecule has 0 aromatic heterocycles. The van der Waals surface area contributed by atoms with Crippen molar-refractivity contribution in [3.63, 3.8) is 0 Å². The molecule has 0 saturated carbocycles. The van der Waals surface area contributed by atoms with Crippen LogP contribution in [-0.4, -0.2) is 12.7 Å². The lowest BCUT2D eigenvalue weighted by Crippen LogP contribution is -2.24. The molecule has 1 aromatic carbocycles. The van der Waals surface area contributed by atoms with Gasteiger partial charge in [0.1, 0.15) is 6.61 Å². The highest BCUT2D eigenvalue weighted by atomic mass is 16.5. The zero-order chi connectivity index (χ0) is 13.2. The molecule has 0 unspecified atom stereocenters. The fraction of sp³-hybridized carbons (Fsp3) is 0.308. The van der Waals surface area contributed by atoms with E-state index in [0.29, 0.717) is 13.0 Å². The summed E-state index contributed by atoms with van der Waals surface area (Å²) in [6.45, 7) is 0.432. The van der Waals surface area contributed by atoms with Crippen LogP contribution < -0.4 is 5.32 Å². The highest BCUT2D eigenvalue weighted by Gasteiger charge is 2.02. The summed E-state index contributed by atoms with van der Waals surface area (Å²) in [5.74, 6) is 0. The van der Waals surface area contributed by atoms with Gasteiger partial charge in [-0.05, 0) is 11.1 Å². The van der Waals surface area contributed by atoms with Crippen LogP contribution in [0.2, 0.25) is 0 Å². The molecule has 0 aliphatic rings. The first kappa shape index (κ1) is 13.5. The number of hydrogen-bond donors (Lipinski definition) is 1. The topological polar surface area (TPSA) is 85.9 Å². The molecule has 0 spiro atoms. The first-order valence-electron chi connectivity index (χ1n) is 5.48. The second kappa shape index (κ2) is 7.70. The minimum Gasteiger partial charge on any atom is -0.448 e. The van der Waals surface area contributed by atoms with Crippen LogP contribution in [0.1, 0.15) is 17.5 Å². The van der Waals surface area contributed by atoms with Crippen molar-refractivity contribution in [2.24, 2.45) is 0 Å². The van der Waals surface area contributed by atoms with E-state index in [1.54, 1.807) is 0 Å². The van der Waals surface area contributed by atoms with Crippen LogP contribution in [0.15, 0.2) is 24.3 Å². The lowest BCUT2D eigenvalue weighted by molar-refractivity contribution is 0.148. The molecular weight excluding hydrogens is 230 g/mol. The number of carbonyl (C=O) groups excluding carboxylic acids is 1. The highest BCUT2D eigenvalue weighted by Crippen LogP contribution is 2.05. The molecule has 0 radical (unpaired) electrons. The Hall–Kier alpha value is -2.53. The van der Waals surface area contributed by atoms with Crippen LogP contribution in [0.25, 0.3) is 0 Å². The van der Waals surface area contributed by atoms with Gasteiger partial charge in [-0.3, -0.25) is 0 Å². The zero-order valence-electron chi connectivity index (χ0n) is 9.85. The number of rotatable bonds is 5. The molecule has 1 N–H and O–H groups in total. The maximum absolute atomic E-state index is 11.2. The fourth-order valence-corrected chi connectivity index (χ4v) is 1.36. The van der Waals surface area contributed by atoms with E-state index in [0.717, 1.165) is 11.1 Å². The van der Waals surface area contributed by atoms with Gasteiger partial charge in [-0.25, -0.2) is 4.79 Å². The van der Waals surface area contributed by atoms with Crippen LogP contribution in [-0.2, 0) is 17.7 Å². The summed E-state index contributed by atoms with van der Waals surface area (Å²) in [7, 11) is 0. The number of ether oxygens (including phenoxy) is 1. The Morgan fingerprint density at radius 1 is 1.28 bits per heavy atom. The van der Waals surface area contributed by atoms with E-state index in [-0.39, 0.29) is 13.0 Å². The number of hydrogen-bond acceptors (Lipinski definition) is 4. The molecule has 0 bridgehead atoms. The van der Waals surface area contributed by atoms with Crippen molar-refractivity contribution in [3.8, 4) is 12.1 Å². The molecule has 1 aromatic rings. The van der Waals surface area contributed by atoms with Crippen LogP contribution >= 0.6 is 0 Å². The van der Waals surface area contributed by atoms with Crippen LogP contribution in [0.4, 0.5) is 4.79 Å². The van der Waals surface area contributed by atoms with Crippen LogP contribution in [0.5, 0.6) is 0 Å². The van der Waals surface area contributed by atoms with Gasteiger partial charge in [-0.15, -0.1) is 0 Å². The smallest absolute Gasteiger partial charge is 0.407 e. The Bertz CT molecular complexity index is 486. The minimum atomic E-state index is -0.545. The van der Waals surface area contributed by atoms with E-state index in [1.807, 2.05) is 30.3 Å². The standard InChI is InChI=1S/C13H13N3O2/c14-6-2-8-18-13(17)16-10-12-4-1-3-11(9-12)5-7-15/h1,3-4,9H,2,5,8,10H2,(H,16,17). The summed E-state index contributed by atoms with van der Waals surface area (Å²) >= 11 is 0. The first-order valence-corrected chi connectivity index (χ1v) is 5.48. The average molecular weight is 243 g/mol. The molecule has 5 nitrogen and oxygen atoms in total. The Balaban J connectivity index is 2.39. The Morgan fingerprint density at radius 2 is 2.06 bits per heavy atom. The Kier molecular flexibility index (Phi) is 5.79. The zero-order valence-corrected chi connectivity index (χ0v) is 9.85. The minimum absolute atomic E-state index is 0.0941. The van der Waals surface area contributed by atoms with Crippen molar-refractivity contribution < 1.29 is 9.53 Å². The van der Waals surface area contributed by atoms with Crippen molar-refractivity contribution >= 4 is 6.09 Å². The van der Waals surface area contributed by atoms with Crippen molar-refractivity contribution in [3.05, 3.63) is 35.4 Å². The summed E-state index contributed by atoms with van der Waals surface area (Å²) in [5.41, 5.74) is 1.81. The van der Waals surface area contributed by atoms with Gasteiger partial charge in [-0.2, -0.15) is 10.5 Å². The van der Waals surface area contributed by atoms with Crippen molar-refractivity contribution in [1.82, 2.24) is 5.32 Å². The highest BCUT2D eigenvalue weighted by molar-refractivity contribution is 5.67. The SMILES string of the molecule is N#CCCOC(=O)NCc1cccc(CC#N)c1. The average Bonchev–Trinajstić information content (AvgIpc) is 2.38. The number of alkyl carbamates (subject to hydrolysis) is 1. The number of carbonyl (C=O) groups is 1. The van der Waals surface area contributed by atoms with Crippen molar-refractivity contribution in [1.29, 1.82) is 10.5 Å². The van der Waals surface area contributed by atoms with Crippen LogP contribution in [0, 0.1) is 22.7 Å². The van der Waals surface area contributed by atoms with Gasteiger partial charge in [0.15, 0.2) is 0 Å². The van der Waals surface area contributed by atoms with Gasteiger partial charge in [0.2, 0.25) is 0 Å². The lowest BCUT2D eigenvalue weighted by Gasteiger charge is -2.06.